The number of carboxylic acids is 1. The first-order valence-electron chi connectivity index (χ1n) is 7.58. The highest BCUT2D eigenvalue weighted by atomic mass is 16.4. The third kappa shape index (κ3) is 4.00. The summed E-state index contributed by atoms with van der Waals surface area (Å²) in [5.41, 5.74) is 3.13. The minimum Gasteiger partial charge on any atom is -0.481 e. The lowest BCUT2D eigenvalue weighted by Crippen LogP contribution is -2.29. The van der Waals surface area contributed by atoms with E-state index in [0.717, 1.165) is 17.5 Å². The van der Waals surface area contributed by atoms with E-state index < -0.39 is 5.97 Å². The van der Waals surface area contributed by atoms with Gasteiger partial charge in [0.25, 0.3) is 5.91 Å². The number of aliphatic carboxylic acids is 1. The van der Waals surface area contributed by atoms with Gasteiger partial charge in [0.2, 0.25) is 0 Å². The lowest BCUT2D eigenvalue weighted by atomic mass is 10.0. The molecule has 5 nitrogen and oxygen atoms in total. The number of carbonyl (C=O) groups excluding carboxylic acids is 1. The maximum atomic E-state index is 12.6. The quantitative estimate of drug-likeness (QED) is 0.856. The molecule has 2 aromatic rings. The normalized spacial score (nSPS) is 12.0. The number of rotatable bonds is 6. The molecule has 0 aliphatic rings. The first-order valence-corrected chi connectivity index (χ1v) is 7.58. The largest absolute Gasteiger partial charge is 0.481 e. The summed E-state index contributed by atoms with van der Waals surface area (Å²) < 4.78 is 5.22. The summed E-state index contributed by atoms with van der Waals surface area (Å²) in [5, 5.41) is 11.9. The first-order chi connectivity index (χ1) is 10.9. The van der Waals surface area contributed by atoms with E-state index in [1.807, 2.05) is 38.1 Å². The third-order valence-corrected chi connectivity index (χ3v) is 3.78. The van der Waals surface area contributed by atoms with Gasteiger partial charge in [-0.3, -0.25) is 9.59 Å². The molecule has 1 unspecified atom stereocenters. The van der Waals surface area contributed by atoms with Crippen LogP contribution in [0.25, 0.3) is 0 Å². The lowest BCUT2D eigenvalue weighted by Gasteiger charge is -2.18. The zero-order valence-electron chi connectivity index (χ0n) is 13.6. The van der Waals surface area contributed by atoms with Crippen molar-refractivity contribution < 1.29 is 19.1 Å². The predicted molar refractivity (Wildman–Crippen MR) is 86.5 cm³/mol. The van der Waals surface area contributed by atoms with Crippen LogP contribution in [-0.2, 0) is 11.2 Å². The van der Waals surface area contributed by atoms with E-state index in [4.69, 9.17) is 9.52 Å². The van der Waals surface area contributed by atoms with Crippen LogP contribution in [0.15, 0.2) is 34.9 Å². The molecule has 0 bridgehead atoms. The SMILES string of the molecule is CCC(NC(=O)c1c(C)coc1CC(=O)O)c1ccc(C)cc1. The van der Waals surface area contributed by atoms with Crippen molar-refractivity contribution >= 4 is 11.9 Å². The molecule has 122 valence electrons. The highest BCUT2D eigenvalue weighted by Gasteiger charge is 2.22. The van der Waals surface area contributed by atoms with Crippen LogP contribution in [-0.4, -0.2) is 17.0 Å². The van der Waals surface area contributed by atoms with E-state index in [1.54, 1.807) is 6.92 Å². The molecule has 1 amide bonds. The van der Waals surface area contributed by atoms with Gasteiger partial charge < -0.3 is 14.8 Å². The number of carboxylic acid groups (broad SMARTS) is 1. The summed E-state index contributed by atoms with van der Waals surface area (Å²) in [5.74, 6) is -1.15. The molecule has 0 saturated carbocycles. The molecule has 2 N–H and O–H groups in total. The lowest BCUT2D eigenvalue weighted by molar-refractivity contribution is -0.136. The maximum Gasteiger partial charge on any atom is 0.311 e. The second-order valence-electron chi connectivity index (χ2n) is 5.63. The van der Waals surface area contributed by atoms with Gasteiger partial charge in [-0.2, -0.15) is 0 Å². The Kier molecular flexibility index (Phi) is 5.21. The number of furan rings is 1. The molecule has 1 aromatic heterocycles. The summed E-state index contributed by atoms with van der Waals surface area (Å²) in [6, 6.07) is 7.86. The Morgan fingerprint density at radius 2 is 1.87 bits per heavy atom. The molecule has 0 fully saturated rings. The molecule has 0 aliphatic carbocycles. The predicted octanol–water partition coefficient (Wildman–Crippen LogP) is 3.40. The van der Waals surface area contributed by atoms with Gasteiger partial charge in [0.1, 0.15) is 12.2 Å². The van der Waals surface area contributed by atoms with Crippen molar-refractivity contribution in [2.24, 2.45) is 0 Å². The maximum absolute atomic E-state index is 12.6. The fraction of sp³-hybridized carbons (Fsp3) is 0.333. The van der Waals surface area contributed by atoms with Crippen molar-refractivity contribution in [1.82, 2.24) is 5.32 Å². The van der Waals surface area contributed by atoms with Gasteiger partial charge in [-0.25, -0.2) is 0 Å². The second kappa shape index (κ2) is 7.13. The summed E-state index contributed by atoms with van der Waals surface area (Å²) in [4.78, 5) is 23.5. The van der Waals surface area contributed by atoms with Gasteiger partial charge in [-0.15, -0.1) is 0 Å². The average molecular weight is 315 g/mol. The molecule has 0 saturated heterocycles. The van der Waals surface area contributed by atoms with Gasteiger partial charge in [0.05, 0.1) is 17.9 Å². The highest BCUT2D eigenvalue weighted by Crippen LogP contribution is 2.21. The van der Waals surface area contributed by atoms with Gasteiger partial charge in [-0.1, -0.05) is 36.8 Å². The number of nitrogens with one attached hydrogen (secondary N) is 1. The van der Waals surface area contributed by atoms with E-state index in [-0.39, 0.29) is 24.1 Å². The van der Waals surface area contributed by atoms with E-state index in [0.29, 0.717) is 11.1 Å². The summed E-state index contributed by atoms with van der Waals surface area (Å²) in [6.45, 7) is 5.73. The summed E-state index contributed by atoms with van der Waals surface area (Å²) >= 11 is 0. The highest BCUT2D eigenvalue weighted by molar-refractivity contribution is 5.97. The van der Waals surface area contributed by atoms with E-state index in [2.05, 4.69) is 5.32 Å². The van der Waals surface area contributed by atoms with Crippen LogP contribution in [0.3, 0.4) is 0 Å². The van der Waals surface area contributed by atoms with Crippen molar-refractivity contribution in [3.05, 3.63) is 58.5 Å². The minimum absolute atomic E-state index is 0.130. The molecule has 23 heavy (non-hydrogen) atoms. The van der Waals surface area contributed by atoms with Gasteiger partial charge in [0.15, 0.2) is 0 Å². The molecule has 1 atom stereocenters. The van der Waals surface area contributed by atoms with Crippen LogP contribution in [0.1, 0.15) is 52.2 Å². The fourth-order valence-corrected chi connectivity index (χ4v) is 2.52. The molecular formula is C18H21NO4. The molecule has 0 aliphatic heterocycles. The minimum atomic E-state index is -1.03. The van der Waals surface area contributed by atoms with Crippen LogP contribution in [0.2, 0.25) is 0 Å². The zero-order valence-corrected chi connectivity index (χ0v) is 13.6. The third-order valence-electron chi connectivity index (χ3n) is 3.78. The van der Waals surface area contributed by atoms with Crippen molar-refractivity contribution in [1.29, 1.82) is 0 Å². The fourth-order valence-electron chi connectivity index (χ4n) is 2.52. The molecule has 0 spiro atoms. The molecule has 5 heteroatoms. The van der Waals surface area contributed by atoms with Gasteiger partial charge >= 0.3 is 5.97 Å². The standard InChI is InChI=1S/C18H21NO4/c1-4-14(13-7-5-11(2)6-8-13)19-18(22)17-12(3)10-23-15(17)9-16(20)21/h5-8,10,14H,4,9H2,1-3H3,(H,19,22)(H,20,21). The Bertz CT molecular complexity index is 700. The van der Waals surface area contributed by atoms with E-state index in [1.165, 1.54) is 6.26 Å². The summed E-state index contributed by atoms with van der Waals surface area (Å²) in [6.07, 6.45) is 1.85. The van der Waals surface area contributed by atoms with Crippen molar-refractivity contribution in [3.63, 3.8) is 0 Å². The Balaban J connectivity index is 2.21. The van der Waals surface area contributed by atoms with Gasteiger partial charge in [-0.05, 0) is 25.8 Å². The number of carbonyl (C=O) groups is 2. The number of aryl methyl sites for hydroxylation is 2. The van der Waals surface area contributed by atoms with Crippen LogP contribution in [0.5, 0.6) is 0 Å². The van der Waals surface area contributed by atoms with Crippen LogP contribution in [0.4, 0.5) is 0 Å². The van der Waals surface area contributed by atoms with Crippen LogP contribution >= 0.6 is 0 Å². The Morgan fingerprint density at radius 1 is 1.22 bits per heavy atom. The molecular weight excluding hydrogens is 294 g/mol. The first kappa shape index (κ1) is 16.8. The molecule has 1 heterocycles. The number of benzene rings is 1. The van der Waals surface area contributed by atoms with Crippen LogP contribution in [0, 0.1) is 13.8 Å². The van der Waals surface area contributed by atoms with E-state index in [9.17, 15) is 9.59 Å². The van der Waals surface area contributed by atoms with Crippen molar-refractivity contribution in [2.75, 3.05) is 0 Å². The van der Waals surface area contributed by atoms with Crippen molar-refractivity contribution in [2.45, 2.75) is 39.7 Å². The molecule has 0 radical (unpaired) electrons. The zero-order chi connectivity index (χ0) is 17.0. The Hall–Kier alpha value is -2.56. The van der Waals surface area contributed by atoms with Gasteiger partial charge in [0, 0.05) is 5.56 Å². The molecule has 1 aromatic carbocycles. The summed E-state index contributed by atoms with van der Waals surface area (Å²) in [7, 11) is 0. The topological polar surface area (TPSA) is 79.5 Å². The average Bonchev–Trinajstić information content (AvgIpc) is 2.85. The smallest absolute Gasteiger partial charge is 0.311 e. The van der Waals surface area contributed by atoms with E-state index >= 15 is 0 Å². The monoisotopic (exact) mass is 315 g/mol. The van der Waals surface area contributed by atoms with Crippen molar-refractivity contribution in [3.8, 4) is 0 Å². The number of amides is 1. The Labute approximate surface area is 135 Å². The Morgan fingerprint density at radius 3 is 2.43 bits per heavy atom. The van der Waals surface area contributed by atoms with Crippen LogP contribution < -0.4 is 5.32 Å². The number of hydrogen-bond donors (Lipinski definition) is 2. The second-order valence-corrected chi connectivity index (χ2v) is 5.63. The number of hydrogen-bond acceptors (Lipinski definition) is 3. The molecule has 2 rings (SSSR count).